The molecule has 0 aliphatic heterocycles. The first-order chi connectivity index (χ1) is 37.8. The van der Waals surface area contributed by atoms with Gasteiger partial charge in [-0.1, -0.05) is 121 Å². The summed E-state index contributed by atoms with van der Waals surface area (Å²) in [4.78, 5) is 0. The molecule has 3 heteroatoms. The van der Waals surface area contributed by atoms with Crippen LogP contribution in [0.3, 0.4) is 0 Å². The third-order valence-corrected chi connectivity index (χ3v) is 8.35. The molecule has 51 heavy (non-hydrogen) atoms. The summed E-state index contributed by atoms with van der Waals surface area (Å²) < 4.78 is 278. The van der Waals surface area contributed by atoms with Gasteiger partial charge in [-0.25, -0.2) is 0 Å². The Balaban J connectivity index is 1.41. The number of aromatic nitrogens is 2. The normalized spacial score (nSPS) is 20.2. The molecule has 11 rings (SSSR count). The van der Waals surface area contributed by atoms with E-state index in [2.05, 4.69) is 0 Å². The van der Waals surface area contributed by atoms with E-state index in [1.165, 1.54) is 0 Å². The lowest BCUT2D eigenvalue weighted by molar-refractivity contribution is 0.670. The third kappa shape index (κ3) is 4.12. The fraction of sp³-hybridized carbons (Fsp3) is 0. The van der Waals surface area contributed by atoms with E-state index in [4.69, 9.17) is 30.5 Å². The molecule has 0 radical (unpaired) electrons. The van der Waals surface area contributed by atoms with Crippen molar-refractivity contribution < 1.29 is 45.5 Å². The lowest BCUT2D eigenvalue weighted by Crippen LogP contribution is -1.96. The lowest BCUT2D eigenvalue weighted by Gasteiger charge is -2.13. The first-order valence-corrected chi connectivity index (χ1v) is 15.0. The van der Waals surface area contributed by atoms with E-state index in [1.807, 2.05) is 0 Å². The van der Waals surface area contributed by atoms with Crippen LogP contribution in [-0.2, 0) is 0 Å². The molecule has 0 bridgehead atoms. The molecule has 0 N–H and O–H groups in total. The number of nitrogens with zero attached hydrogens (tertiary/aromatic N) is 2. The lowest BCUT2D eigenvalue weighted by atomic mass is 10.00. The molecule has 0 fully saturated rings. The number of benzene rings is 8. The van der Waals surface area contributed by atoms with Crippen molar-refractivity contribution in [3.63, 3.8) is 0 Å². The van der Waals surface area contributed by atoms with Crippen LogP contribution in [-0.4, -0.2) is 9.13 Å². The van der Waals surface area contributed by atoms with Gasteiger partial charge in [0.1, 0.15) is 11.2 Å². The molecule has 11 aromatic rings. The standard InChI is InChI=1S/C48H30N2O/c1-3-13-31(14-4-1)35-26-28-44(47-39-19-9-12-22-46(39)51-48(35)47)50-42-21-11-7-17-36(42)38-25-23-33(30-45(38)50)32-24-27-43-40(29-32)37-18-8-10-20-41(37)49(43)34-15-5-2-6-16-34/h1-30H/i1D,2D,3D,4D,5D,6D,7D,8D,9D,10D,11D,12D,13D,14D,15D,16D,17D,18D,19D,20D,21D,22D,23D,24D,25D,26D,27D,28D,29D,30D. The molecule has 0 atom stereocenters. The number of furan rings is 1. The van der Waals surface area contributed by atoms with Gasteiger partial charge in [-0.2, -0.15) is 0 Å². The molecule has 0 saturated heterocycles. The van der Waals surface area contributed by atoms with E-state index in [-0.39, 0.29) is 0 Å². The van der Waals surface area contributed by atoms with Crippen LogP contribution in [0.2, 0.25) is 0 Å². The molecule has 0 spiro atoms. The van der Waals surface area contributed by atoms with Crippen molar-refractivity contribution in [2.75, 3.05) is 0 Å². The number of hydrogen-bond donors (Lipinski definition) is 0. The Labute approximate surface area is 336 Å². The number of rotatable bonds is 4. The zero-order valence-electron chi connectivity index (χ0n) is 55.3. The van der Waals surface area contributed by atoms with Crippen LogP contribution in [0.4, 0.5) is 0 Å². The average Bonchev–Trinajstić information content (AvgIpc) is 2.91. The Kier molecular flexibility index (Phi) is 2.47. The second-order valence-electron chi connectivity index (χ2n) is 11.0. The van der Waals surface area contributed by atoms with Crippen molar-refractivity contribution in [1.82, 2.24) is 9.13 Å². The predicted octanol–water partition coefficient (Wildman–Crippen LogP) is 13.1. The van der Waals surface area contributed by atoms with Gasteiger partial charge < -0.3 is 13.6 Å². The maximum atomic E-state index is 10.2. The van der Waals surface area contributed by atoms with Crippen LogP contribution >= 0.6 is 0 Å². The van der Waals surface area contributed by atoms with Gasteiger partial charge in [0, 0.05) is 38.2 Å². The minimum Gasteiger partial charge on any atom is -0.455 e. The van der Waals surface area contributed by atoms with Crippen molar-refractivity contribution >= 4 is 65.6 Å². The van der Waals surface area contributed by atoms with Crippen molar-refractivity contribution in [2.45, 2.75) is 0 Å². The Morgan fingerprint density at radius 2 is 0.980 bits per heavy atom. The third-order valence-electron chi connectivity index (χ3n) is 8.35. The van der Waals surface area contributed by atoms with Crippen molar-refractivity contribution in [2.24, 2.45) is 0 Å². The summed E-state index contributed by atoms with van der Waals surface area (Å²) in [5.41, 5.74) is -8.95. The molecule has 0 aliphatic carbocycles. The van der Waals surface area contributed by atoms with Crippen LogP contribution in [0.5, 0.6) is 0 Å². The van der Waals surface area contributed by atoms with E-state index in [9.17, 15) is 15.1 Å². The smallest absolute Gasteiger partial charge is 0.145 e. The number of para-hydroxylation sites is 4. The monoisotopic (exact) mass is 680 g/mol. The summed E-state index contributed by atoms with van der Waals surface area (Å²) in [6, 6.07) is -28.2. The van der Waals surface area contributed by atoms with Crippen LogP contribution in [0.25, 0.3) is 99.2 Å². The van der Waals surface area contributed by atoms with Crippen LogP contribution in [0.15, 0.2) is 186 Å². The second-order valence-corrected chi connectivity index (χ2v) is 11.0. The molecule has 3 nitrogen and oxygen atoms in total. The van der Waals surface area contributed by atoms with E-state index >= 15 is 0 Å². The maximum Gasteiger partial charge on any atom is 0.145 e. The first kappa shape index (κ1) is 11.6. The minimum absolute atomic E-state index is 0.592. The van der Waals surface area contributed by atoms with Crippen molar-refractivity contribution in [1.29, 1.82) is 0 Å². The van der Waals surface area contributed by atoms with Crippen molar-refractivity contribution in [3.05, 3.63) is 181 Å². The fourth-order valence-corrected chi connectivity index (χ4v) is 6.26. The molecular formula is C48H30N2O. The van der Waals surface area contributed by atoms with E-state index < -0.39 is 280 Å². The van der Waals surface area contributed by atoms with Crippen LogP contribution in [0, 0.1) is 0 Å². The van der Waals surface area contributed by atoms with E-state index in [1.54, 1.807) is 0 Å². The van der Waals surface area contributed by atoms with Gasteiger partial charge >= 0.3 is 0 Å². The van der Waals surface area contributed by atoms with Crippen LogP contribution < -0.4 is 0 Å². The Morgan fingerprint density at radius 3 is 1.78 bits per heavy atom. The fourth-order valence-electron chi connectivity index (χ4n) is 6.26. The van der Waals surface area contributed by atoms with Gasteiger partial charge in [0.2, 0.25) is 0 Å². The highest BCUT2D eigenvalue weighted by molar-refractivity contribution is 6.17. The zero-order chi connectivity index (χ0) is 59.6. The first-order valence-electron chi connectivity index (χ1n) is 30.0. The summed E-state index contributed by atoms with van der Waals surface area (Å²) in [5.74, 6) is 0. The van der Waals surface area contributed by atoms with Gasteiger partial charge in [0.15, 0.2) is 0 Å². The Bertz CT molecular complexity index is 4820. The topological polar surface area (TPSA) is 23.0 Å². The largest absolute Gasteiger partial charge is 0.455 e. The van der Waals surface area contributed by atoms with Crippen molar-refractivity contribution in [3.8, 4) is 33.6 Å². The van der Waals surface area contributed by atoms with Gasteiger partial charge in [0.25, 0.3) is 0 Å². The molecular weight excluding hydrogens is 621 g/mol. The molecule has 3 heterocycles. The summed E-state index contributed by atoms with van der Waals surface area (Å²) in [6.45, 7) is 0. The quantitative estimate of drug-likeness (QED) is 0.181. The van der Waals surface area contributed by atoms with E-state index in [0.29, 0.717) is 0 Å². The summed E-state index contributed by atoms with van der Waals surface area (Å²) >= 11 is 0. The SMILES string of the molecule is [2H]c1c([2H])c([2H])c(-c2c([2H])c([2H])c(-n3c4c([2H])c([2H])c([2H])c([2H])c4c4c([2H])c([2H])c(-c5c([2H])c([2H])c6c(c5[2H])c5c([2H])c([2H])c([2H])c([2H])c5n6-c5c([2H])c([2H])c([2H])c([2H])c5[2H])c([2H])c43)c3c2oc2c([2H])c([2H])c([2H])c([2H])c23)c([2H])c1[2H]. The highest BCUT2D eigenvalue weighted by Gasteiger charge is 2.21. The van der Waals surface area contributed by atoms with Gasteiger partial charge in [-0.15, -0.1) is 0 Å². The van der Waals surface area contributed by atoms with Gasteiger partial charge in [-0.05, 0) is 77.1 Å². The van der Waals surface area contributed by atoms with E-state index in [0.717, 1.165) is 9.13 Å². The minimum atomic E-state index is -1.08. The molecule has 8 aromatic carbocycles. The molecule has 238 valence electrons. The Morgan fingerprint density at radius 1 is 0.392 bits per heavy atom. The zero-order valence-corrected chi connectivity index (χ0v) is 25.3. The molecule has 0 amide bonds. The second kappa shape index (κ2) is 10.8. The summed E-state index contributed by atoms with van der Waals surface area (Å²) in [5, 5.41) is -3.70. The number of hydrogen-bond acceptors (Lipinski definition) is 1. The van der Waals surface area contributed by atoms with Gasteiger partial charge in [-0.3, -0.25) is 0 Å². The molecule has 3 aromatic heterocycles. The molecule has 0 saturated carbocycles. The Hall–Kier alpha value is -6.84. The summed E-state index contributed by atoms with van der Waals surface area (Å²) in [7, 11) is 0. The summed E-state index contributed by atoms with van der Waals surface area (Å²) in [6.07, 6.45) is 0. The average molecular weight is 681 g/mol. The highest BCUT2D eigenvalue weighted by Crippen LogP contribution is 2.43. The highest BCUT2D eigenvalue weighted by atomic mass is 16.3. The van der Waals surface area contributed by atoms with Crippen LogP contribution in [0.1, 0.15) is 41.1 Å². The van der Waals surface area contributed by atoms with Gasteiger partial charge in [0.05, 0.1) is 74.3 Å². The molecule has 0 aliphatic rings. The predicted molar refractivity (Wildman–Crippen MR) is 213 cm³/mol. The molecule has 0 unspecified atom stereocenters. The maximum absolute atomic E-state index is 10.2. The number of fused-ring (bicyclic) bond motifs is 9.